The van der Waals surface area contributed by atoms with Gasteiger partial charge in [0.05, 0.1) is 4.90 Å². The lowest BCUT2D eigenvalue weighted by Gasteiger charge is -2.07. The molecule has 0 aromatic heterocycles. The average Bonchev–Trinajstić information content (AvgIpc) is 2.26. The second-order valence-electron chi connectivity index (χ2n) is 3.99. The maximum absolute atomic E-state index is 11.8. The Hall–Kier alpha value is -1.66. The van der Waals surface area contributed by atoms with Crippen molar-refractivity contribution in [3.8, 4) is 0 Å². The summed E-state index contributed by atoms with van der Waals surface area (Å²) in [6, 6.07) is 5.95. The van der Waals surface area contributed by atoms with E-state index in [4.69, 9.17) is 0 Å². The lowest BCUT2D eigenvalue weighted by molar-refractivity contribution is -0.114. The fraction of sp³-hybridized carbons (Fsp3) is 0.250. The van der Waals surface area contributed by atoms with Crippen LogP contribution in [0, 0.1) is 0 Å². The Bertz CT molecular complexity index is 547. The lowest BCUT2D eigenvalue weighted by Crippen LogP contribution is -2.25. The first kappa shape index (κ1) is 14.4. The van der Waals surface area contributed by atoms with Crippen molar-refractivity contribution < 1.29 is 13.2 Å². The summed E-state index contributed by atoms with van der Waals surface area (Å²) in [6.45, 7) is 6.95. The highest BCUT2D eigenvalue weighted by molar-refractivity contribution is 7.89. The molecule has 0 radical (unpaired) electrons. The van der Waals surface area contributed by atoms with Crippen LogP contribution in [0.15, 0.2) is 41.3 Å². The van der Waals surface area contributed by atoms with E-state index in [0.29, 0.717) is 5.69 Å². The topological polar surface area (TPSA) is 75.3 Å². The molecule has 0 atom stereocenters. The van der Waals surface area contributed by atoms with Crippen molar-refractivity contribution >= 4 is 21.6 Å². The van der Waals surface area contributed by atoms with E-state index in [9.17, 15) is 13.2 Å². The third-order valence-electron chi connectivity index (χ3n) is 2.05. The Balaban J connectivity index is 2.84. The van der Waals surface area contributed by atoms with Crippen molar-refractivity contribution in [1.82, 2.24) is 4.72 Å². The molecule has 5 nitrogen and oxygen atoms in total. The summed E-state index contributed by atoms with van der Waals surface area (Å²) in [5, 5.41) is 2.57. The summed E-state index contributed by atoms with van der Waals surface area (Å²) in [5.74, 6) is -0.203. The molecule has 1 rings (SSSR count). The zero-order valence-corrected chi connectivity index (χ0v) is 11.2. The molecule has 0 spiro atoms. The molecular weight excluding hydrogens is 252 g/mol. The van der Waals surface area contributed by atoms with Crippen LogP contribution in [0.5, 0.6) is 0 Å². The van der Waals surface area contributed by atoms with Gasteiger partial charge in [0.25, 0.3) is 0 Å². The smallest absolute Gasteiger partial charge is 0.240 e. The third-order valence-corrected chi connectivity index (χ3v) is 3.47. The summed E-state index contributed by atoms with van der Waals surface area (Å²) in [5.41, 5.74) is 1.29. The monoisotopic (exact) mass is 268 g/mol. The van der Waals surface area contributed by atoms with Crippen molar-refractivity contribution in [1.29, 1.82) is 0 Å². The van der Waals surface area contributed by atoms with Gasteiger partial charge in [0.2, 0.25) is 15.9 Å². The summed E-state index contributed by atoms with van der Waals surface area (Å²) in [4.78, 5) is 11.0. The van der Waals surface area contributed by atoms with Crippen LogP contribution in [-0.4, -0.2) is 20.9 Å². The zero-order valence-electron chi connectivity index (χ0n) is 10.4. The van der Waals surface area contributed by atoms with Crippen LogP contribution in [-0.2, 0) is 14.8 Å². The van der Waals surface area contributed by atoms with Gasteiger partial charge in [0.15, 0.2) is 0 Å². The van der Waals surface area contributed by atoms with Crippen LogP contribution >= 0.6 is 0 Å². The van der Waals surface area contributed by atoms with E-state index in [2.05, 4.69) is 16.6 Å². The minimum atomic E-state index is -3.52. The van der Waals surface area contributed by atoms with Crippen LogP contribution in [0.4, 0.5) is 5.69 Å². The Morgan fingerprint density at radius 1 is 1.22 bits per heavy atom. The molecule has 18 heavy (non-hydrogen) atoms. The highest BCUT2D eigenvalue weighted by Crippen LogP contribution is 2.13. The molecule has 0 heterocycles. The second kappa shape index (κ2) is 5.79. The van der Waals surface area contributed by atoms with Gasteiger partial charge in [-0.05, 0) is 31.2 Å². The minimum absolute atomic E-state index is 0.151. The van der Waals surface area contributed by atoms with E-state index in [1.165, 1.54) is 31.2 Å². The highest BCUT2D eigenvalue weighted by Gasteiger charge is 2.12. The molecular formula is C12H16N2O3S. The maximum Gasteiger partial charge on any atom is 0.240 e. The normalized spacial score (nSPS) is 11.0. The molecule has 0 aliphatic carbocycles. The van der Waals surface area contributed by atoms with E-state index in [1.54, 1.807) is 6.92 Å². The quantitative estimate of drug-likeness (QED) is 0.795. The molecule has 0 bridgehead atoms. The first-order chi connectivity index (χ1) is 8.31. The van der Waals surface area contributed by atoms with Crippen molar-refractivity contribution in [3.63, 3.8) is 0 Å². The van der Waals surface area contributed by atoms with E-state index >= 15 is 0 Å². The Kier molecular flexibility index (Phi) is 4.63. The summed E-state index contributed by atoms with van der Waals surface area (Å²) < 4.78 is 26.1. The number of nitrogens with one attached hydrogen (secondary N) is 2. The van der Waals surface area contributed by atoms with Gasteiger partial charge in [-0.2, -0.15) is 0 Å². The van der Waals surface area contributed by atoms with Gasteiger partial charge in [-0.15, -0.1) is 0 Å². The number of benzene rings is 1. The maximum atomic E-state index is 11.8. The van der Waals surface area contributed by atoms with E-state index < -0.39 is 10.0 Å². The van der Waals surface area contributed by atoms with Crippen molar-refractivity contribution in [2.75, 3.05) is 11.9 Å². The molecule has 1 aromatic carbocycles. The molecule has 0 saturated carbocycles. The number of anilines is 1. The van der Waals surface area contributed by atoms with Gasteiger partial charge < -0.3 is 5.32 Å². The molecule has 1 aromatic rings. The zero-order chi connectivity index (χ0) is 13.8. The van der Waals surface area contributed by atoms with Crippen LogP contribution in [0.1, 0.15) is 13.8 Å². The van der Waals surface area contributed by atoms with E-state index in [1.807, 2.05) is 0 Å². The number of hydrogen-bond acceptors (Lipinski definition) is 3. The number of sulfonamides is 1. The van der Waals surface area contributed by atoms with Gasteiger partial charge in [0, 0.05) is 19.2 Å². The molecule has 0 fully saturated rings. The first-order valence-corrected chi connectivity index (χ1v) is 6.81. The third kappa shape index (κ3) is 4.31. The van der Waals surface area contributed by atoms with Gasteiger partial charge in [-0.25, -0.2) is 13.1 Å². The summed E-state index contributed by atoms with van der Waals surface area (Å²) >= 11 is 0. The highest BCUT2D eigenvalue weighted by atomic mass is 32.2. The lowest BCUT2D eigenvalue weighted by atomic mass is 10.3. The predicted molar refractivity (Wildman–Crippen MR) is 70.7 cm³/mol. The SMILES string of the molecule is C=C(C)CNS(=O)(=O)c1ccc(NC(C)=O)cc1. The van der Waals surface area contributed by atoms with Crippen LogP contribution in [0.2, 0.25) is 0 Å². The minimum Gasteiger partial charge on any atom is -0.326 e. The van der Waals surface area contributed by atoms with Crippen LogP contribution in [0.25, 0.3) is 0 Å². The predicted octanol–water partition coefficient (Wildman–Crippen LogP) is 1.50. The molecule has 0 aliphatic heterocycles. The largest absolute Gasteiger partial charge is 0.326 e. The van der Waals surface area contributed by atoms with Gasteiger partial charge in [-0.1, -0.05) is 12.2 Å². The standard InChI is InChI=1S/C12H16N2O3S/c1-9(2)8-13-18(16,17)12-6-4-11(5-7-12)14-10(3)15/h4-7,13H,1,8H2,2-3H3,(H,14,15). The van der Waals surface area contributed by atoms with Crippen LogP contribution in [0.3, 0.4) is 0 Å². The van der Waals surface area contributed by atoms with Crippen molar-refractivity contribution in [2.24, 2.45) is 0 Å². The molecule has 2 N–H and O–H groups in total. The first-order valence-electron chi connectivity index (χ1n) is 5.33. The van der Waals surface area contributed by atoms with Crippen molar-refractivity contribution in [2.45, 2.75) is 18.7 Å². The number of amides is 1. The van der Waals surface area contributed by atoms with Crippen molar-refractivity contribution in [3.05, 3.63) is 36.4 Å². The van der Waals surface area contributed by atoms with Crippen LogP contribution < -0.4 is 10.0 Å². The van der Waals surface area contributed by atoms with E-state index in [0.717, 1.165) is 5.57 Å². The Morgan fingerprint density at radius 3 is 2.22 bits per heavy atom. The molecule has 0 saturated heterocycles. The Labute approximate surface area is 107 Å². The number of carbonyl (C=O) groups is 1. The summed E-state index contributed by atoms with van der Waals surface area (Å²) in [6.07, 6.45) is 0. The summed E-state index contributed by atoms with van der Waals surface area (Å²) in [7, 11) is -3.52. The molecule has 98 valence electrons. The molecule has 6 heteroatoms. The fourth-order valence-corrected chi connectivity index (χ4v) is 2.32. The van der Waals surface area contributed by atoms with Gasteiger partial charge in [0.1, 0.15) is 0 Å². The average molecular weight is 268 g/mol. The van der Waals surface area contributed by atoms with Gasteiger partial charge in [-0.3, -0.25) is 4.79 Å². The number of carbonyl (C=O) groups excluding carboxylic acids is 1. The number of rotatable bonds is 5. The molecule has 1 amide bonds. The fourth-order valence-electron chi connectivity index (χ4n) is 1.22. The number of hydrogen-bond donors (Lipinski definition) is 2. The molecule has 0 aliphatic rings. The Morgan fingerprint density at radius 2 is 1.78 bits per heavy atom. The molecule has 0 unspecified atom stereocenters. The van der Waals surface area contributed by atoms with Gasteiger partial charge >= 0.3 is 0 Å². The van der Waals surface area contributed by atoms with E-state index in [-0.39, 0.29) is 17.3 Å². The second-order valence-corrected chi connectivity index (χ2v) is 5.75.